The first-order valence-electron chi connectivity index (χ1n) is 5.94. The zero-order valence-electron chi connectivity index (χ0n) is 11.5. The lowest BCUT2D eigenvalue weighted by molar-refractivity contribution is -0.385. The lowest BCUT2D eigenvalue weighted by atomic mass is 9.84. The van der Waals surface area contributed by atoms with Crippen molar-refractivity contribution >= 4 is 29.1 Å². The number of rotatable bonds is 5. The maximum Gasteiger partial charge on any atom is 0.278 e. The number of carbonyl (C=O) groups is 1. The van der Waals surface area contributed by atoms with E-state index in [1.807, 2.05) is 0 Å². The van der Waals surface area contributed by atoms with E-state index in [-0.39, 0.29) is 21.8 Å². The molecule has 0 radical (unpaired) electrons. The van der Waals surface area contributed by atoms with E-state index >= 15 is 0 Å². The minimum absolute atomic E-state index is 0.100. The van der Waals surface area contributed by atoms with Crippen LogP contribution in [0.25, 0.3) is 6.08 Å². The molecule has 1 aromatic rings. The number of nitriles is 1. The zero-order valence-corrected chi connectivity index (χ0v) is 12.2. The molecule has 0 heterocycles. The van der Waals surface area contributed by atoms with E-state index < -0.39 is 22.7 Å². The van der Waals surface area contributed by atoms with Crippen molar-refractivity contribution in [2.24, 2.45) is 5.41 Å². The molecule has 0 aliphatic heterocycles. The molecule has 21 heavy (non-hydrogen) atoms. The van der Waals surface area contributed by atoms with Gasteiger partial charge in [0.25, 0.3) is 5.69 Å². The summed E-state index contributed by atoms with van der Waals surface area (Å²) >= 11 is 5.70. The van der Waals surface area contributed by atoms with Gasteiger partial charge in [-0.3, -0.25) is 14.9 Å². The van der Waals surface area contributed by atoms with Crippen molar-refractivity contribution in [2.45, 2.75) is 13.8 Å². The van der Waals surface area contributed by atoms with Gasteiger partial charge in [-0.15, -0.1) is 0 Å². The van der Waals surface area contributed by atoms with Crippen molar-refractivity contribution in [3.63, 3.8) is 0 Å². The SMILES string of the molecule is CC(C)(CO)C(=O)C(C#N)=Cc1ccc(Cl)cc1[N+](=O)[O-]. The number of allylic oxidation sites excluding steroid dienone is 1. The van der Waals surface area contributed by atoms with E-state index in [1.54, 1.807) is 6.07 Å². The highest BCUT2D eigenvalue weighted by molar-refractivity contribution is 6.30. The molecule has 0 amide bonds. The molecule has 0 bridgehead atoms. The Labute approximate surface area is 126 Å². The van der Waals surface area contributed by atoms with E-state index in [2.05, 4.69) is 0 Å². The maximum atomic E-state index is 12.1. The molecule has 0 saturated heterocycles. The largest absolute Gasteiger partial charge is 0.395 e. The van der Waals surface area contributed by atoms with Gasteiger partial charge in [-0.05, 0) is 18.2 Å². The van der Waals surface area contributed by atoms with E-state index in [0.717, 1.165) is 12.1 Å². The molecule has 6 nitrogen and oxygen atoms in total. The Morgan fingerprint density at radius 2 is 2.19 bits per heavy atom. The second kappa shape index (κ2) is 6.48. The van der Waals surface area contributed by atoms with E-state index in [9.17, 15) is 20.0 Å². The summed E-state index contributed by atoms with van der Waals surface area (Å²) in [5.74, 6) is -0.586. The average Bonchev–Trinajstić information content (AvgIpc) is 2.45. The molecule has 1 rings (SSSR count). The molecule has 7 heteroatoms. The molecule has 1 aromatic carbocycles. The molecule has 0 spiro atoms. The van der Waals surface area contributed by atoms with Crippen molar-refractivity contribution in [1.29, 1.82) is 5.26 Å². The van der Waals surface area contributed by atoms with Crippen LogP contribution in [0.2, 0.25) is 5.02 Å². The lowest BCUT2D eigenvalue weighted by Crippen LogP contribution is -2.29. The van der Waals surface area contributed by atoms with Gasteiger partial charge in [-0.1, -0.05) is 25.4 Å². The quantitative estimate of drug-likeness (QED) is 0.390. The van der Waals surface area contributed by atoms with Crippen molar-refractivity contribution in [2.75, 3.05) is 6.61 Å². The molecule has 0 unspecified atom stereocenters. The van der Waals surface area contributed by atoms with Gasteiger partial charge in [0, 0.05) is 11.1 Å². The van der Waals surface area contributed by atoms with Gasteiger partial charge in [0.1, 0.15) is 6.07 Å². The number of nitrogens with zero attached hydrogens (tertiary/aromatic N) is 2. The van der Waals surface area contributed by atoms with Gasteiger partial charge in [0.2, 0.25) is 0 Å². The van der Waals surface area contributed by atoms with Crippen LogP contribution in [-0.4, -0.2) is 22.4 Å². The number of carbonyl (C=O) groups excluding carboxylic acids is 1. The third kappa shape index (κ3) is 3.88. The summed E-state index contributed by atoms with van der Waals surface area (Å²) in [5.41, 5.74) is -1.60. The summed E-state index contributed by atoms with van der Waals surface area (Å²) in [6.45, 7) is 2.53. The van der Waals surface area contributed by atoms with Gasteiger partial charge >= 0.3 is 0 Å². The number of nitro benzene ring substituents is 1. The second-order valence-corrected chi connectivity index (χ2v) is 5.44. The predicted molar refractivity (Wildman–Crippen MR) is 77.6 cm³/mol. The van der Waals surface area contributed by atoms with Crippen LogP contribution in [0.4, 0.5) is 5.69 Å². The number of nitro groups is 1. The maximum absolute atomic E-state index is 12.1. The third-order valence-electron chi connectivity index (χ3n) is 2.86. The number of hydrogen-bond acceptors (Lipinski definition) is 5. The fourth-order valence-electron chi connectivity index (χ4n) is 1.54. The first-order valence-corrected chi connectivity index (χ1v) is 6.32. The molecule has 0 aromatic heterocycles. The average molecular weight is 309 g/mol. The summed E-state index contributed by atoms with van der Waals surface area (Å²) in [7, 11) is 0. The number of hydrogen-bond donors (Lipinski definition) is 1. The Balaban J connectivity index is 3.37. The molecule has 0 fully saturated rings. The van der Waals surface area contributed by atoms with Gasteiger partial charge in [0.05, 0.1) is 28.1 Å². The Bertz CT molecular complexity index is 659. The number of aliphatic hydroxyl groups excluding tert-OH is 1. The number of ketones is 1. The third-order valence-corrected chi connectivity index (χ3v) is 3.10. The van der Waals surface area contributed by atoms with Crippen LogP contribution in [0, 0.1) is 26.9 Å². The fraction of sp³-hybridized carbons (Fsp3) is 0.286. The molecular weight excluding hydrogens is 296 g/mol. The van der Waals surface area contributed by atoms with Crippen LogP contribution in [-0.2, 0) is 4.79 Å². The minimum Gasteiger partial charge on any atom is -0.395 e. The first kappa shape index (κ1) is 16.8. The van der Waals surface area contributed by atoms with Gasteiger partial charge in [0.15, 0.2) is 5.78 Å². The Morgan fingerprint density at radius 3 is 2.67 bits per heavy atom. The highest BCUT2D eigenvalue weighted by Gasteiger charge is 2.30. The highest BCUT2D eigenvalue weighted by atomic mass is 35.5. The summed E-state index contributed by atoms with van der Waals surface area (Å²) in [4.78, 5) is 22.5. The van der Waals surface area contributed by atoms with E-state index in [1.165, 1.54) is 26.0 Å². The zero-order chi connectivity index (χ0) is 16.2. The van der Waals surface area contributed by atoms with E-state index in [4.69, 9.17) is 16.9 Å². The smallest absolute Gasteiger partial charge is 0.278 e. The van der Waals surface area contributed by atoms with Gasteiger partial charge in [-0.2, -0.15) is 5.26 Å². The highest BCUT2D eigenvalue weighted by Crippen LogP contribution is 2.27. The molecule has 0 atom stereocenters. The van der Waals surface area contributed by atoms with Crippen LogP contribution in [0.1, 0.15) is 19.4 Å². The first-order chi connectivity index (χ1) is 9.72. The fourth-order valence-corrected chi connectivity index (χ4v) is 1.70. The Hall–Kier alpha value is -2.23. The second-order valence-electron chi connectivity index (χ2n) is 5.00. The standard InChI is InChI=1S/C14H13ClN2O4/c1-14(2,8-18)13(19)10(7-16)5-9-3-4-11(15)6-12(9)17(20)21/h3-6,18H,8H2,1-2H3. The Morgan fingerprint density at radius 1 is 1.57 bits per heavy atom. The van der Waals surface area contributed by atoms with Crippen LogP contribution in [0.15, 0.2) is 23.8 Å². The van der Waals surface area contributed by atoms with E-state index in [0.29, 0.717) is 0 Å². The van der Waals surface area contributed by atoms with Crippen LogP contribution < -0.4 is 0 Å². The summed E-state index contributed by atoms with van der Waals surface area (Å²) in [6.07, 6.45) is 1.13. The van der Waals surface area contributed by atoms with Crippen LogP contribution in [0.5, 0.6) is 0 Å². The van der Waals surface area contributed by atoms with Gasteiger partial charge in [-0.25, -0.2) is 0 Å². The normalized spacial score (nSPS) is 11.9. The topological polar surface area (TPSA) is 104 Å². The molecule has 0 aliphatic rings. The summed E-state index contributed by atoms with van der Waals surface area (Å²) < 4.78 is 0. The van der Waals surface area contributed by atoms with Gasteiger partial charge < -0.3 is 5.11 Å². The number of benzene rings is 1. The molecule has 0 aliphatic carbocycles. The lowest BCUT2D eigenvalue weighted by Gasteiger charge is -2.18. The van der Waals surface area contributed by atoms with Crippen LogP contribution >= 0.6 is 11.6 Å². The summed E-state index contributed by atoms with van der Waals surface area (Å²) in [5, 5.41) is 29.4. The van der Waals surface area contributed by atoms with Crippen LogP contribution in [0.3, 0.4) is 0 Å². The van der Waals surface area contributed by atoms with Crippen molar-refractivity contribution in [1.82, 2.24) is 0 Å². The van der Waals surface area contributed by atoms with Crippen molar-refractivity contribution in [3.8, 4) is 6.07 Å². The number of aliphatic hydroxyl groups is 1. The molecule has 0 saturated carbocycles. The number of halogens is 1. The predicted octanol–water partition coefficient (Wildman–Crippen LogP) is 2.74. The molecule has 1 N–H and O–H groups in total. The van der Waals surface area contributed by atoms with Crippen molar-refractivity contribution in [3.05, 3.63) is 44.5 Å². The Kier molecular flexibility index (Phi) is 5.19. The monoisotopic (exact) mass is 308 g/mol. The summed E-state index contributed by atoms with van der Waals surface area (Å²) in [6, 6.07) is 5.65. The molecular formula is C14H13ClN2O4. The molecule has 110 valence electrons. The minimum atomic E-state index is -1.14. The van der Waals surface area contributed by atoms with Crippen molar-refractivity contribution < 1.29 is 14.8 Å². The number of Topliss-reactive ketones (excluding diaryl/α,β-unsaturated/α-hetero) is 1.